The van der Waals surface area contributed by atoms with Gasteiger partial charge < -0.3 is 4.74 Å². The maximum atomic E-state index is 11.9. The van der Waals surface area contributed by atoms with Gasteiger partial charge in [-0.2, -0.15) is 0 Å². The zero-order chi connectivity index (χ0) is 13.3. The van der Waals surface area contributed by atoms with Crippen molar-refractivity contribution >= 4 is 11.7 Å². The van der Waals surface area contributed by atoms with Gasteiger partial charge >= 0.3 is 5.97 Å². The van der Waals surface area contributed by atoms with Crippen molar-refractivity contribution in [2.75, 3.05) is 7.11 Å². The Bertz CT molecular complexity index is 509. The molecule has 18 heavy (non-hydrogen) atoms. The van der Waals surface area contributed by atoms with E-state index in [4.69, 9.17) is 4.74 Å². The van der Waals surface area contributed by atoms with Crippen LogP contribution in [0.4, 0.5) is 5.69 Å². The van der Waals surface area contributed by atoms with Crippen molar-refractivity contribution < 1.29 is 14.5 Å². The summed E-state index contributed by atoms with van der Waals surface area (Å²) in [4.78, 5) is 26.3. The summed E-state index contributed by atoms with van der Waals surface area (Å²) in [5, 5.41) is 10.9. The van der Waals surface area contributed by atoms with Crippen LogP contribution in [0.2, 0.25) is 0 Å². The number of rotatable bonds is 3. The van der Waals surface area contributed by atoms with Gasteiger partial charge in [-0.25, -0.2) is 0 Å². The van der Waals surface area contributed by atoms with Crippen LogP contribution >= 0.6 is 0 Å². The molecule has 0 bridgehead atoms. The second-order valence-corrected chi connectivity index (χ2v) is 4.51. The van der Waals surface area contributed by atoms with E-state index in [9.17, 15) is 14.9 Å². The number of methoxy groups -OCH3 is 1. The molecule has 1 saturated carbocycles. The Morgan fingerprint density at radius 2 is 2.22 bits per heavy atom. The molecule has 1 fully saturated rings. The summed E-state index contributed by atoms with van der Waals surface area (Å²) < 4.78 is 4.81. The van der Waals surface area contributed by atoms with Crippen LogP contribution in [0, 0.1) is 17.0 Å². The Balaban J connectivity index is 2.47. The minimum atomic E-state index is -0.736. The zero-order valence-electron chi connectivity index (χ0n) is 10.3. The van der Waals surface area contributed by atoms with Gasteiger partial charge in [0.1, 0.15) is 5.69 Å². The van der Waals surface area contributed by atoms with E-state index >= 15 is 0 Å². The molecule has 0 amide bonds. The van der Waals surface area contributed by atoms with Crippen LogP contribution in [0.3, 0.4) is 0 Å². The minimum absolute atomic E-state index is 0.0531. The quantitative estimate of drug-likeness (QED) is 0.464. The van der Waals surface area contributed by atoms with Gasteiger partial charge in [-0.3, -0.25) is 19.9 Å². The van der Waals surface area contributed by atoms with Gasteiger partial charge in [0.2, 0.25) is 0 Å². The van der Waals surface area contributed by atoms with Crippen LogP contribution < -0.4 is 0 Å². The maximum Gasteiger partial charge on any atom is 0.316 e. The molecule has 0 aliphatic heterocycles. The van der Waals surface area contributed by atoms with Crippen molar-refractivity contribution in [1.29, 1.82) is 0 Å². The van der Waals surface area contributed by atoms with E-state index in [0.717, 1.165) is 6.42 Å². The molecule has 1 aromatic heterocycles. The molecule has 1 aromatic rings. The first-order valence-corrected chi connectivity index (χ1v) is 5.71. The number of esters is 1. The summed E-state index contributed by atoms with van der Waals surface area (Å²) in [7, 11) is 1.33. The SMILES string of the molecule is COC(=O)C1(c2cnc(C)c([N+](=O)[O-])c2)CCC1. The molecule has 2 rings (SSSR count). The van der Waals surface area contributed by atoms with E-state index in [1.165, 1.54) is 13.2 Å². The van der Waals surface area contributed by atoms with Crippen LogP contribution in [0.15, 0.2) is 12.3 Å². The molecule has 0 saturated heterocycles. The Kier molecular flexibility index (Phi) is 3.02. The number of aromatic nitrogens is 1. The van der Waals surface area contributed by atoms with Crippen LogP contribution in [-0.2, 0) is 14.9 Å². The minimum Gasteiger partial charge on any atom is -0.468 e. The number of hydrogen-bond donors (Lipinski definition) is 0. The molecule has 1 heterocycles. The highest BCUT2D eigenvalue weighted by molar-refractivity contribution is 5.84. The zero-order valence-corrected chi connectivity index (χ0v) is 10.3. The summed E-state index contributed by atoms with van der Waals surface area (Å²) in [6.45, 7) is 1.58. The first kappa shape index (κ1) is 12.5. The smallest absolute Gasteiger partial charge is 0.316 e. The summed E-state index contributed by atoms with van der Waals surface area (Å²) in [6.07, 6.45) is 3.76. The number of carbonyl (C=O) groups is 1. The maximum absolute atomic E-state index is 11.9. The highest BCUT2D eigenvalue weighted by atomic mass is 16.6. The topological polar surface area (TPSA) is 82.3 Å². The van der Waals surface area contributed by atoms with Crippen LogP contribution in [0.1, 0.15) is 30.5 Å². The van der Waals surface area contributed by atoms with Crippen molar-refractivity contribution in [2.45, 2.75) is 31.6 Å². The van der Waals surface area contributed by atoms with Crippen molar-refractivity contribution in [3.05, 3.63) is 33.6 Å². The molecule has 1 aliphatic carbocycles. The molecule has 1 aliphatic rings. The Labute approximate surface area is 104 Å². The molecule has 6 nitrogen and oxygen atoms in total. The predicted octanol–water partition coefficient (Wildman–Crippen LogP) is 1.89. The largest absolute Gasteiger partial charge is 0.468 e. The van der Waals surface area contributed by atoms with E-state index in [0.29, 0.717) is 24.1 Å². The van der Waals surface area contributed by atoms with E-state index < -0.39 is 10.3 Å². The Hall–Kier alpha value is -1.98. The number of nitro groups is 1. The summed E-state index contributed by atoms with van der Waals surface area (Å²) in [5.74, 6) is -0.339. The predicted molar refractivity (Wildman–Crippen MR) is 63.2 cm³/mol. The molecular weight excluding hydrogens is 236 g/mol. The average molecular weight is 250 g/mol. The molecule has 0 radical (unpaired) electrons. The van der Waals surface area contributed by atoms with E-state index in [2.05, 4.69) is 4.98 Å². The summed E-state index contributed by atoms with van der Waals surface area (Å²) in [5.41, 5.74) is 0.142. The van der Waals surface area contributed by atoms with Gasteiger partial charge in [0.05, 0.1) is 17.4 Å². The third-order valence-corrected chi connectivity index (χ3v) is 3.59. The number of pyridine rings is 1. The third-order valence-electron chi connectivity index (χ3n) is 3.59. The Morgan fingerprint density at radius 1 is 1.56 bits per heavy atom. The average Bonchev–Trinajstić information content (AvgIpc) is 2.29. The normalized spacial score (nSPS) is 16.8. The second-order valence-electron chi connectivity index (χ2n) is 4.51. The lowest BCUT2D eigenvalue weighted by Crippen LogP contribution is -2.43. The molecule has 0 atom stereocenters. The van der Waals surface area contributed by atoms with Crippen molar-refractivity contribution in [1.82, 2.24) is 4.98 Å². The van der Waals surface area contributed by atoms with E-state index in [-0.39, 0.29) is 11.7 Å². The van der Waals surface area contributed by atoms with Gasteiger partial charge in [0.25, 0.3) is 5.69 Å². The molecule has 0 N–H and O–H groups in total. The highest BCUT2D eigenvalue weighted by Gasteiger charge is 2.47. The van der Waals surface area contributed by atoms with Crippen LogP contribution in [0.25, 0.3) is 0 Å². The highest BCUT2D eigenvalue weighted by Crippen LogP contribution is 2.45. The Morgan fingerprint density at radius 3 is 2.67 bits per heavy atom. The van der Waals surface area contributed by atoms with Crippen molar-refractivity contribution in [2.24, 2.45) is 0 Å². The van der Waals surface area contributed by atoms with Gasteiger partial charge in [0.15, 0.2) is 0 Å². The van der Waals surface area contributed by atoms with Gasteiger partial charge in [-0.05, 0) is 25.3 Å². The molecule has 0 aromatic carbocycles. The molecule has 0 unspecified atom stereocenters. The number of hydrogen-bond acceptors (Lipinski definition) is 5. The molecule has 96 valence electrons. The van der Waals surface area contributed by atoms with Gasteiger partial charge in [-0.15, -0.1) is 0 Å². The number of ether oxygens (including phenoxy) is 1. The first-order chi connectivity index (χ1) is 8.51. The van der Waals surface area contributed by atoms with E-state index in [1.54, 1.807) is 13.1 Å². The fourth-order valence-corrected chi connectivity index (χ4v) is 2.30. The van der Waals surface area contributed by atoms with E-state index in [1.807, 2.05) is 0 Å². The fourth-order valence-electron chi connectivity index (χ4n) is 2.30. The summed E-state index contributed by atoms with van der Waals surface area (Å²) in [6, 6.07) is 1.44. The fraction of sp³-hybridized carbons (Fsp3) is 0.500. The molecular formula is C12H14N2O4. The molecule has 6 heteroatoms. The van der Waals surface area contributed by atoms with Crippen LogP contribution in [0.5, 0.6) is 0 Å². The number of carbonyl (C=O) groups excluding carboxylic acids is 1. The second kappa shape index (κ2) is 4.36. The lowest BCUT2D eigenvalue weighted by Gasteiger charge is -2.38. The lowest BCUT2D eigenvalue weighted by atomic mass is 9.65. The number of aryl methyl sites for hydroxylation is 1. The van der Waals surface area contributed by atoms with Crippen molar-refractivity contribution in [3.63, 3.8) is 0 Å². The number of nitrogens with zero attached hydrogens (tertiary/aromatic N) is 2. The monoisotopic (exact) mass is 250 g/mol. The third kappa shape index (κ3) is 1.73. The lowest BCUT2D eigenvalue weighted by molar-refractivity contribution is -0.385. The first-order valence-electron chi connectivity index (χ1n) is 5.71. The molecule has 0 spiro atoms. The standard InChI is InChI=1S/C12H14N2O4/c1-8-10(14(16)17)6-9(7-13-8)12(4-3-5-12)11(15)18-2/h6-7H,3-5H2,1-2H3. The van der Waals surface area contributed by atoms with Crippen LogP contribution in [-0.4, -0.2) is 23.0 Å². The summed E-state index contributed by atoms with van der Waals surface area (Å²) >= 11 is 0. The van der Waals surface area contributed by atoms with Gasteiger partial charge in [-0.1, -0.05) is 6.42 Å². The van der Waals surface area contributed by atoms with Crippen molar-refractivity contribution in [3.8, 4) is 0 Å². The van der Waals surface area contributed by atoms with Gasteiger partial charge in [0, 0.05) is 12.3 Å².